The van der Waals surface area contributed by atoms with E-state index in [-0.39, 0.29) is 24.2 Å². The molecule has 1 fully saturated rings. The summed E-state index contributed by atoms with van der Waals surface area (Å²) >= 11 is 0. The van der Waals surface area contributed by atoms with E-state index in [0.717, 1.165) is 29.7 Å². The van der Waals surface area contributed by atoms with Gasteiger partial charge in [-0.1, -0.05) is 37.2 Å². The van der Waals surface area contributed by atoms with Gasteiger partial charge in [0.25, 0.3) is 0 Å². The molecule has 0 saturated carbocycles. The van der Waals surface area contributed by atoms with E-state index < -0.39 is 0 Å². The van der Waals surface area contributed by atoms with Crippen LogP contribution in [0.4, 0.5) is 11.5 Å². The monoisotopic (exact) mass is 341 g/mol. The largest absolute Gasteiger partial charge is 0.360 e. The Morgan fingerprint density at radius 1 is 1.32 bits per heavy atom. The van der Waals surface area contributed by atoms with Gasteiger partial charge in [-0.2, -0.15) is 0 Å². The van der Waals surface area contributed by atoms with E-state index in [1.807, 2.05) is 18.2 Å². The van der Waals surface area contributed by atoms with Crippen LogP contribution in [-0.4, -0.2) is 23.5 Å². The molecule has 1 aliphatic heterocycles. The van der Waals surface area contributed by atoms with Crippen molar-refractivity contribution in [2.45, 2.75) is 40.0 Å². The highest BCUT2D eigenvalue weighted by molar-refractivity contribution is 6.03. The molecule has 0 radical (unpaired) electrons. The number of carbonyl (C=O) groups excluding carboxylic acids is 2. The summed E-state index contributed by atoms with van der Waals surface area (Å²) in [6.45, 7) is 6.23. The van der Waals surface area contributed by atoms with Gasteiger partial charge in [0.1, 0.15) is 5.76 Å². The topological polar surface area (TPSA) is 75.4 Å². The third-order valence-electron chi connectivity index (χ3n) is 4.63. The molecule has 2 heterocycles. The highest BCUT2D eigenvalue weighted by Crippen LogP contribution is 2.28. The summed E-state index contributed by atoms with van der Waals surface area (Å²) in [5, 5.41) is 6.94. The van der Waals surface area contributed by atoms with Crippen LogP contribution in [0.15, 0.2) is 28.8 Å². The van der Waals surface area contributed by atoms with E-state index in [1.54, 1.807) is 13.0 Å². The lowest BCUT2D eigenvalue weighted by Crippen LogP contribution is -2.28. The summed E-state index contributed by atoms with van der Waals surface area (Å²) in [5.41, 5.74) is 3.11. The molecule has 1 aliphatic rings. The molecule has 1 N–H and O–H groups in total. The number of amides is 2. The number of nitrogens with zero attached hydrogens (tertiary/aromatic N) is 2. The average Bonchev–Trinajstić information content (AvgIpc) is 3.20. The maximum atomic E-state index is 12.7. The summed E-state index contributed by atoms with van der Waals surface area (Å²) < 4.78 is 5.03. The molecule has 0 spiro atoms. The van der Waals surface area contributed by atoms with Gasteiger partial charge >= 0.3 is 0 Å². The number of benzene rings is 1. The minimum atomic E-state index is -0.390. The normalized spacial score (nSPS) is 17.2. The van der Waals surface area contributed by atoms with Crippen molar-refractivity contribution < 1.29 is 14.1 Å². The van der Waals surface area contributed by atoms with Gasteiger partial charge in [-0.3, -0.25) is 14.5 Å². The van der Waals surface area contributed by atoms with E-state index in [9.17, 15) is 9.59 Å². The number of rotatable bonds is 5. The second-order valence-corrected chi connectivity index (χ2v) is 6.35. The predicted molar refractivity (Wildman–Crippen MR) is 95.5 cm³/mol. The molecular formula is C19H23N3O3. The van der Waals surface area contributed by atoms with Gasteiger partial charge in [0, 0.05) is 24.7 Å². The fourth-order valence-electron chi connectivity index (χ4n) is 3.21. The Balaban J connectivity index is 1.76. The van der Waals surface area contributed by atoms with Gasteiger partial charge in [-0.15, -0.1) is 0 Å². The molecule has 6 nitrogen and oxygen atoms in total. The van der Waals surface area contributed by atoms with Crippen LogP contribution in [0.2, 0.25) is 0 Å². The molecule has 1 aromatic heterocycles. The number of hydrogen-bond acceptors (Lipinski definition) is 4. The van der Waals surface area contributed by atoms with Crippen LogP contribution >= 0.6 is 0 Å². The summed E-state index contributed by atoms with van der Waals surface area (Å²) in [4.78, 5) is 26.5. The predicted octanol–water partition coefficient (Wildman–Crippen LogP) is 3.10. The molecule has 3 rings (SSSR count). The second kappa shape index (κ2) is 7.09. The number of hydrogen-bond donors (Lipinski definition) is 1. The zero-order valence-electron chi connectivity index (χ0n) is 14.8. The number of aromatic nitrogens is 1. The molecule has 132 valence electrons. The fourth-order valence-corrected chi connectivity index (χ4v) is 3.21. The minimum absolute atomic E-state index is 0.104. The molecule has 6 heteroatoms. The van der Waals surface area contributed by atoms with E-state index >= 15 is 0 Å². The van der Waals surface area contributed by atoms with Crippen molar-refractivity contribution in [3.63, 3.8) is 0 Å². The number of nitrogens with one attached hydrogen (secondary N) is 1. The van der Waals surface area contributed by atoms with Crippen LogP contribution < -0.4 is 10.2 Å². The lowest BCUT2D eigenvalue weighted by atomic mass is 10.0. The third-order valence-corrected chi connectivity index (χ3v) is 4.63. The molecule has 1 unspecified atom stereocenters. The zero-order chi connectivity index (χ0) is 18.0. The standard InChI is InChI=1S/C19H23N3O3/c1-4-13-7-6-8-14(5-2)18(13)20-19(24)15-10-17(23)22(11-15)16-9-12(3)25-21-16/h6-9,15H,4-5,10-11H2,1-3H3,(H,20,24). The van der Waals surface area contributed by atoms with E-state index in [4.69, 9.17) is 4.52 Å². The van der Waals surface area contributed by atoms with Gasteiger partial charge in [-0.05, 0) is 30.9 Å². The van der Waals surface area contributed by atoms with Crippen LogP contribution in [-0.2, 0) is 22.4 Å². The summed E-state index contributed by atoms with van der Waals surface area (Å²) in [5.74, 6) is 0.500. The fraction of sp³-hybridized carbons (Fsp3) is 0.421. The molecule has 1 saturated heterocycles. The highest BCUT2D eigenvalue weighted by Gasteiger charge is 2.36. The van der Waals surface area contributed by atoms with Gasteiger partial charge < -0.3 is 9.84 Å². The Labute approximate surface area is 147 Å². The molecular weight excluding hydrogens is 318 g/mol. The van der Waals surface area contributed by atoms with Crippen LogP contribution in [0.3, 0.4) is 0 Å². The van der Waals surface area contributed by atoms with Gasteiger partial charge in [0.15, 0.2) is 5.82 Å². The number of carbonyl (C=O) groups is 2. The first kappa shape index (κ1) is 17.2. The number of aryl methyl sites for hydroxylation is 3. The lowest BCUT2D eigenvalue weighted by Gasteiger charge is -2.17. The molecule has 25 heavy (non-hydrogen) atoms. The SMILES string of the molecule is CCc1cccc(CC)c1NC(=O)C1CC(=O)N(c2cc(C)on2)C1. The Bertz CT molecular complexity index is 775. The van der Waals surface area contributed by atoms with Crippen molar-refractivity contribution >= 4 is 23.3 Å². The Morgan fingerprint density at radius 2 is 2.00 bits per heavy atom. The quantitative estimate of drug-likeness (QED) is 0.907. The van der Waals surface area contributed by atoms with Gasteiger partial charge in [0.2, 0.25) is 11.8 Å². The molecule has 2 aromatic rings. The summed E-state index contributed by atoms with van der Waals surface area (Å²) in [6.07, 6.45) is 1.88. The highest BCUT2D eigenvalue weighted by atomic mass is 16.5. The maximum Gasteiger partial charge on any atom is 0.229 e. The Hall–Kier alpha value is -2.63. The van der Waals surface area contributed by atoms with Crippen molar-refractivity contribution in [2.24, 2.45) is 5.92 Å². The summed E-state index contributed by atoms with van der Waals surface area (Å²) in [6, 6.07) is 7.78. The van der Waals surface area contributed by atoms with E-state index in [0.29, 0.717) is 18.1 Å². The van der Waals surface area contributed by atoms with Gasteiger partial charge in [0.05, 0.1) is 5.92 Å². The van der Waals surface area contributed by atoms with Crippen molar-refractivity contribution in [1.82, 2.24) is 5.16 Å². The first-order valence-electron chi connectivity index (χ1n) is 8.68. The molecule has 0 aliphatic carbocycles. The first-order valence-corrected chi connectivity index (χ1v) is 8.68. The summed E-state index contributed by atoms with van der Waals surface area (Å²) in [7, 11) is 0. The van der Waals surface area contributed by atoms with Crippen molar-refractivity contribution in [2.75, 3.05) is 16.8 Å². The average molecular weight is 341 g/mol. The third kappa shape index (κ3) is 3.43. The van der Waals surface area contributed by atoms with Crippen LogP contribution in [0.1, 0.15) is 37.2 Å². The first-order chi connectivity index (χ1) is 12.0. The second-order valence-electron chi connectivity index (χ2n) is 6.35. The number of anilines is 2. The smallest absolute Gasteiger partial charge is 0.229 e. The lowest BCUT2D eigenvalue weighted by molar-refractivity contribution is -0.122. The maximum absolute atomic E-state index is 12.7. The van der Waals surface area contributed by atoms with Crippen LogP contribution in [0, 0.1) is 12.8 Å². The Morgan fingerprint density at radius 3 is 2.56 bits per heavy atom. The molecule has 0 bridgehead atoms. The van der Waals surface area contributed by atoms with E-state index in [2.05, 4.69) is 24.3 Å². The van der Waals surface area contributed by atoms with Crippen molar-refractivity contribution in [3.05, 3.63) is 41.2 Å². The molecule has 1 aromatic carbocycles. The zero-order valence-corrected chi connectivity index (χ0v) is 14.8. The number of para-hydroxylation sites is 1. The molecule has 2 amide bonds. The minimum Gasteiger partial charge on any atom is -0.360 e. The van der Waals surface area contributed by atoms with Crippen molar-refractivity contribution in [3.8, 4) is 0 Å². The molecule has 1 atom stereocenters. The van der Waals surface area contributed by atoms with Crippen molar-refractivity contribution in [1.29, 1.82) is 0 Å². The van der Waals surface area contributed by atoms with Crippen LogP contribution in [0.5, 0.6) is 0 Å². The van der Waals surface area contributed by atoms with Crippen LogP contribution in [0.25, 0.3) is 0 Å². The van der Waals surface area contributed by atoms with Gasteiger partial charge in [-0.25, -0.2) is 0 Å². The Kier molecular flexibility index (Phi) is 4.88. The van der Waals surface area contributed by atoms with E-state index in [1.165, 1.54) is 4.90 Å².